The minimum Gasteiger partial charge on any atom is -0.356 e. The summed E-state index contributed by atoms with van der Waals surface area (Å²) >= 11 is 3.34. The molecule has 0 saturated carbocycles. The molecule has 0 spiro atoms. The summed E-state index contributed by atoms with van der Waals surface area (Å²) in [5.74, 6) is -0.125. The van der Waals surface area contributed by atoms with Crippen molar-refractivity contribution in [2.24, 2.45) is 0 Å². The summed E-state index contributed by atoms with van der Waals surface area (Å²) in [4.78, 5) is 24.0. The summed E-state index contributed by atoms with van der Waals surface area (Å²) < 4.78 is 2.73. The summed E-state index contributed by atoms with van der Waals surface area (Å²) in [5, 5.41) is 7.07. The molecule has 138 valence electrons. The third-order valence-electron chi connectivity index (χ3n) is 4.19. The fraction of sp³-hybridized carbons (Fsp3) is 0.190. The van der Waals surface area contributed by atoms with Gasteiger partial charge in [0.15, 0.2) is 5.78 Å². The monoisotopic (exact) mass is 425 g/mol. The number of rotatable bonds is 8. The lowest BCUT2D eigenvalue weighted by molar-refractivity contribution is -0.121. The largest absolute Gasteiger partial charge is 0.356 e. The van der Waals surface area contributed by atoms with Crippen molar-refractivity contribution in [1.29, 1.82) is 0 Å². The molecule has 0 radical (unpaired) electrons. The van der Waals surface area contributed by atoms with E-state index < -0.39 is 0 Å². The molecule has 0 fully saturated rings. The van der Waals surface area contributed by atoms with E-state index >= 15 is 0 Å². The van der Waals surface area contributed by atoms with E-state index in [4.69, 9.17) is 0 Å². The van der Waals surface area contributed by atoms with Gasteiger partial charge >= 0.3 is 0 Å². The number of halogens is 1. The van der Waals surface area contributed by atoms with Crippen LogP contribution in [-0.2, 0) is 11.2 Å². The second-order valence-corrected chi connectivity index (χ2v) is 7.06. The maximum atomic E-state index is 12.1. The van der Waals surface area contributed by atoms with E-state index in [0.717, 1.165) is 22.1 Å². The van der Waals surface area contributed by atoms with Crippen LogP contribution in [0.2, 0.25) is 0 Å². The summed E-state index contributed by atoms with van der Waals surface area (Å²) in [6.45, 7) is 0.548. The van der Waals surface area contributed by atoms with Crippen LogP contribution in [0.1, 0.15) is 28.8 Å². The van der Waals surface area contributed by atoms with Crippen LogP contribution in [0, 0.1) is 0 Å². The Morgan fingerprint density at radius 2 is 1.74 bits per heavy atom. The molecule has 6 heteroatoms. The van der Waals surface area contributed by atoms with Gasteiger partial charge in [0.25, 0.3) is 0 Å². The van der Waals surface area contributed by atoms with Crippen molar-refractivity contribution in [2.45, 2.75) is 19.3 Å². The minimum absolute atomic E-state index is 0.0214. The second kappa shape index (κ2) is 9.28. The zero-order valence-corrected chi connectivity index (χ0v) is 16.4. The molecule has 0 aliphatic carbocycles. The van der Waals surface area contributed by atoms with Crippen LogP contribution in [0.3, 0.4) is 0 Å². The highest BCUT2D eigenvalue weighted by Crippen LogP contribution is 2.13. The molecule has 0 aliphatic rings. The third-order valence-corrected chi connectivity index (χ3v) is 4.72. The van der Waals surface area contributed by atoms with Gasteiger partial charge in [-0.25, -0.2) is 4.68 Å². The number of Topliss-reactive ketones (excluding diaryl/α,β-unsaturated/α-hetero) is 1. The first-order valence-electron chi connectivity index (χ1n) is 8.76. The molecule has 0 atom stereocenters. The van der Waals surface area contributed by atoms with Crippen molar-refractivity contribution in [1.82, 2.24) is 15.1 Å². The second-order valence-electron chi connectivity index (χ2n) is 6.15. The van der Waals surface area contributed by atoms with Crippen molar-refractivity contribution in [2.75, 3.05) is 6.54 Å². The molecule has 2 aromatic carbocycles. The van der Waals surface area contributed by atoms with Gasteiger partial charge < -0.3 is 5.32 Å². The van der Waals surface area contributed by atoms with E-state index in [2.05, 4.69) is 26.3 Å². The topological polar surface area (TPSA) is 64.0 Å². The molecule has 1 N–H and O–H groups in total. The predicted molar refractivity (Wildman–Crippen MR) is 108 cm³/mol. The van der Waals surface area contributed by atoms with Gasteiger partial charge in [0.1, 0.15) is 0 Å². The van der Waals surface area contributed by atoms with Gasteiger partial charge in [-0.3, -0.25) is 9.59 Å². The predicted octanol–water partition coefficient (Wildman–Crippen LogP) is 3.96. The lowest BCUT2D eigenvalue weighted by atomic mass is 10.1. The smallest absolute Gasteiger partial charge is 0.220 e. The molecule has 0 bridgehead atoms. The number of nitrogens with zero attached hydrogens (tertiary/aromatic N) is 2. The standard InChI is InChI=1S/C21H20BrN3O2/c22-18-6-4-17(5-7-18)20(26)10-11-21(27)23-14-12-16-2-8-19(9-3-16)25-15-1-13-24-25/h1-9,13,15H,10-12,14H2,(H,23,27). The Balaban J connectivity index is 1.39. The fourth-order valence-electron chi connectivity index (χ4n) is 2.68. The van der Waals surface area contributed by atoms with Crippen molar-refractivity contribution in [3.05, 3.63) is 82.6 Å². The molecule has 1 aromatic heterocycles. The molecule has 3 rings (SSSR count). The molecular formula is C21H20BrN3O2. The van der Waals surface area contributed by atoms with E-state index in [-0.39, 0.29) is 24.5 Å². The minimum atomic E-state index is -0.103. The number of benzene rings is 2. The Hall–Kier alpha value is -2.73. The summed E-state index contributed by atoms with van der Waals surface area (Å²) in [7, 11) is 0. The summed E-state index contributed by atoms with van der Waals surface area (Å²) in [6.07, 6.45) is 4.79. The van der Waals surface area contributed by atoms with Crippen LogP contribution in [0.5, 0.6) is 0 Å². The van der Waals surface area contributed by atoms with Gasteiger partial charge in [-0.05, 0) is 42.3 Å². The van der Waals surface area contributed by atoms with Crippen LogP contribution in [0.15, 0.2) is 71.5 Å². The zero-order valence-electron chi connectivity index (χ0n) is 14.8. The average molecular weight is 426 g/mol. The van der Waals surface area contributed by atoms with Crippen LogP contribution >= 0.6 is 15.9 Å². The molecule has 27 heavy (non-hydrogen) atoms. The lowest BCUT2D eigenvalue weighted by Crippen LogP contribution is -2.26. The quantitative estimate of drug-likeness (QED) is 0.555. The van der Waals surface area contributed by atoms with Gasteiger partial charge in [0, 0.05) is 41.8 Å². The fourth-order valence-corrected chi connectivity index (χ4v) is 2.94. The molecule has 1 heterocycles. The number of carbonyl (C=O) groups is 2. The van der Waals surface area contributed by atoms with Crippen molar-refractivity contribution < 1.29 is 9.59 Å². The van der Waals surface area contributed by atoms with E-state index in [1.165, 1.54) is 0 Å². The van der Waals surface area contributed by atoms with E-state index in [1.807, 2.05) is 48.7 Å². The Kier molecular flexibility index (Phi) is 6.54. The number of hydrogen-bond donors (Lipinski definition) is 1. The number of ketones is 1. The molecule has 0 aliphatic heterocycles. The third kappa shape index (κ3) is 5.62. The Morgan fingerprint density at radius 3 is 2.41 bits per heavy atom. The highest BCUT2D eigenvalue weighted by atomic mass is 79.9. The highest BCUT2D eigenvalue weighted by Gasteiger charge is 2.09. The number of amides is 1. The van der Waals surface area contributed by atoms with E-state index in [9.17, 15) is 9.59 Å². The van der Waals surface area contributed by atoms with Crippen LogP contribution in [0.4, 0.5) is 0 Å². The van der Waals surface area contributed by atoms with Crippen molar-refractivity contribution >= 4 is 27.6 Å². The zero-order chi connectivity index (χ0) is 19.1. The molecule has 0 saturated heterocycles. The Bertz CT molecular complexity index is 888. The molecular weight excluding hydrogens is 406 g/mol. The van der Waals surface area contributed by atoms with Crippen molar-refractivity contribution in [3.8, 4) is 5.69 Å². The normalized spacial score (nSPS) is 10.6. The maximum absolute atomic E-state index is 12.1. The molecule has 1 amide bonds. The van der Waals surface area contributed by atoms with Crippen LogP contribution in [-0.4, -0.2) is 28.0 Å². The first-order valence-corrected chi connectivity index (χ1v) is 9.55. The van der Waals surface area contributed by atoms with E-state index in [1.54, 1.807) is 23.0 Å². The summed E-state index contributed by atoms with van der Waals surface area (Å²) in [6, 6.07) is 17.1. The Labute approximate surface area is 166 Å². The Morgan fingerprint density at radius 1 is 1.00 bits per heavy atom. The van der Waals surface area contributed by atoms with Gasteiger partial charge in [-0.1, -0.05) is 40.2 Å². The number of hydrogen-bond acceptors (Lipinski definition) is 3. The lowest BCUT2D eigenvalue weighted by Gasteiger charge is -2.07. The van der Waals surface area contributed by atoms with Gasteiger partial charge in [0.05, 0.1) is 5.69 Å². The highest BCUT2D eigenvalue weighted by molar-refractivity contribution is 9.10. The summed E-state index contributed by atoms with van der Waals surface area (Å²) in [5.41, 5.74) is 2.76. The molecule has 3 aromatic rings. The maximum Gasteiger partial charge on any atom is 0.220 e. The van der Waals surface area contributed by atoms with Crippen LogP contribution in [0.25, 0.3) is 5.69 Å². The SMILES string of the molecule is O=C(CCC(=O)c1ccc(Br)cc1)NCCc1ccc(-n2cccn2)cc1. The van der Waals surface area contributed by atoms with Gasteiger partial charge in [-0.15, -0.1) is 0 Å². The molecule has 5 nitrogen and oxygen atoms in total. The molecule has 0 unspecified atom stereocenters. The first kappa shape index (κ1) is 19.0. The van der Waals surface area contributed by atoms with Crippen LogP contribution < -0.4 is 5.32 Å². The van der Waals surface area contributed by atoms with E-state index in [0.29, 0.717) is 12.1 Å². The van der Waals surface area contributed by atoms with Gasteiger partial charge in [-0.2, -0.15) is 5.10 Å². The van der Waals surface area contributed by atoms with Crippen molar-refractivity contribution in [3.63, 3.8) is 0 Å². The number of aromatic nitrogens is 2. The number of nitrogens with one attached hydrogen (secondary N) is 1. The first-order chi connectivity index (χ1) is 13.1. The average Bonchev–Trinajstić information content (AvgIpc) is 3.22. The van der Waals surface area contributed by atoms with Gasteiger partial charge in [0.2, 0.25) is 5.91 Å². The number of carbonyl (C=O) groups excluding carboxylic acids is 2.